The normalized spacial score (nSPS) is 11.0. The average Bonchev–Trinajstić information content (AvgIpc) is 2.84. The van der Waals surface area contributed by atoms with Crippen LogP contribution in [0, 0.1) is 10.1 Å². The number of hydrogen-bond acceptors (Lipinski definition) is 5. The predicted molar refractivity (Wildman–Crippen MR) is 79.0 cm³/mol. The smallest absolute Gasteiger partial charge is 0.270 e. The molecule has 0 aliphatic heterocycles. The van der Waals surface area contributed by atoms with Crippen molar-refractivity contribution in [2.24, 2.45) is 0 Å². The topological polar surface area (TPSA) is 71.5 Å². The minimum Gasteiger partial charge on any atom is -0.460 e. The summed E-state index contributed by atoms with van der Waals surface area (Å²) in [5.74, 6) is 1.46. The summed E-state index contributed by atoms with van der Waals surface area (Å²) in [7, 11) is 3.80. The fraction of sp³-hybridized carbons (Fsp3) is 0.231. The molecule has 0 unspecified atom stereocenters. The zero-order chi connectivity index (χ0) is 14.7. The zero-order valence-corrected chi connectivity index (χ0v) is 12.7. The van der Waals surface area contributed by atoms with Crippen molar-refractivity contribution in [3.8, 4) is 11.3 Å². The van der Waals surface area contributed by atoms with Crippen LogP contribution in [0.4, 0.5) is 5.69 Å². The van der Waals surface area contributed by atoms with Gasteiger partial charge in [-0.3, -0.25) is 15.1 Å². The van der Waals surface area contributed by atoms with Crippen molar-refractivity contribution in [1.29, 1.82) is 0 Å². The molecule has 0 saturated heterocycles. The Labute approximate surface area is 124 Å². The van der Waals surface area contributed by atoms with Gasteiger partial charge in [0.2, 0.25) is 0 Å². The lowest BCUT2D eigenvalue weighted by Gasteiger charge is -2.09. The molecule has 7 heteroatoms. The molecular formula is C13H14BrN3O3. The lowest BCUT2D eigenvalue weighted by molar-refractivity contribution is -0.384. The Hall–Kier alpha value is -1.70. The van der Waals surface area contributed by atoms with Crippen LogP contribution in [0.5, 0.6) is 0 Å². The van der Waals surface area contributed by atoms with Crippen LogP contribution in [-0.2, 0) is 6.54 Å². The monoisotopic (exact) mass is 339 g/mol. The lowest BCUT2D eigenvalue weighted by Crippen LogP contribution is -2.29. The molecule has 0 bridgehead atoms. The Kier molecular flexibility index (Phi) is 4.53. The maximum atomic E-state index is 10.7. The van der Waals surface area contributed by atoms with Crippen LogP contribution < -0.4 is 5.43 Å². The van der Waals surface area contributed by atoms with Gasteiger partial charge < -0.3 is 4.42 Å². The van der Waals surface area contributed by atoms with Gasteiger partial charge in [-0.25, -0.2) is 5.43 Å². The number of non-ortho nitro benzene ring substituents is 1. The summed E-state index contributed by atoms with van der Waals surface area (Å²) >= 11 is 3.34. The summed E-state index contributed by atoms with van der Waals surface area (Å²) in [6, 6.07) is 8.32. The molecule has 2 rings (SSSR count). The Balaban J connectivity index is 2.21. The van der Waals surface area contributed by atoms with Crippen molar-refractivity contribution in [1.82, 2.24) is 10.4 Å². The maximum Gasteiger partial charge on any atom is 0.270 e. The summed E-state index contributed by atoms with van der Waals surface area (Å²) in [6.45, 7) is 0.581. The van der Waals surface area contributed by atoms with Gasteiger partial charge in [0.25, 0.3) is 5.69 Å². The van der Waals surface area contributed by atoms with Crippen LogP contribution in [0.2, 0.25) is 0 Å². The molecule has 0 spiro atoms. The Morgan fingerprint density at radius 1 is 1.35 bits per heavy atom. The van der Waals surface area contributed by atoms with E-state index in [1.54, 1.807) is 6.07 Å². The first kappa shape index (κ1) is 14.7. The Bertz CT molecular complexity index is 625. The highest BCUT2D eigenvalue weighted by molar-refractivity contribution is 9.10. The average molecular weight is 340 g/mol. The highest BCUT2D eigenvalue weighted by Crippen LogP contribution is 2.32. The molecule has 1 aromatic carbocycles. The SMILES string of the molecule is CN(C)NCc1ccc(-c2ccc([N+](=O)[O-])cc2Br)o1. The third kappa shape index (κ3) is 3.44. The van der Waals surface area contributed by atoms with Gasteiger partial charge in [0.1, 0.15) is 11.5 Å². The van der Waals surface area contributed by atoms with Gasteiger partial charge in [0.15, 0.2) is 0 Å². The number of nitrogens with zero attached hydrogens (tertiary/aromatic N) is 2. The second kappa shape index (κ2) is 6.17. The molecule has 0 aliphatic rings. The van der Waals surface area contributed by atoms with Crippen molar-refractivity contribution < 1.29 is 9.34 Å². The number of furan rings is 1. The number of nitro benzene ring substituents is 1. The summed E-state index contributed by atoms with van der Waals surface area (Å²) in [5.41, 5.74) is 3.93. The summed E-state index contributed by atoms with van der Waals surface area (Å²) in [6.07, 6.45) is 0. The van der Waals surface area contributed by atoms with Gasteiger partial charge >= 0.3 is 0 Å². The van der Waals surface area contributed by atoms with Gasteiger partial charge in [0, 0.05) is 36.3 Å². The number of rotatable bonds is 5. The van der Waals surface area contributed by atoms with Gasteiger partial charge in [-0.05, 0) is 34.1 Å². The Morgan fingerprint density at radius 2 is 2.10 bits per heavy atom. The van der Waals surface area contributed by atoms with Gasteiger partial charge in [0.05, 0.1) is 11.5 Å². The molecule has 6 nitrogen and oxygen atoms in total. The molecular weight excluding hydrogens is 326 g/mol. The molecule has 0 radical (unpaired) electrons. The number of nitro groups is 1. The van der Waals surface area contributed by atoms with E-state index in [2.05, 4.69) is 21.4 Å². The molecule has 1 heterocycles. The molecule has 20 heavy (non-hydrogen) atoms. The minimum atomic E-state index is -0.427. The van der Waals surface area contributed by atoms with Gasteiger partial charge in [-0.2, -0.15) is 0 Å². The number of hydrogen-bond donors (Lipinski definition) is 1. The third-order valence-electron chi connectivity index (χ3n) is 2.66. The van der Waals surface area contributed by atoms with Crippen LogP contribution in [0.15, 0.2) is 39.2 Å². The first-order chi connectivity index (χ1) is 9.47. The Morgan fingerprint density at radius 3 is 2.70 bits per heavy atom. The van der Waals surface area contributed by atoms with Gasteiger partial charge in [-0.15, -0.1) is 0 Å². The second-order valence-electron chi connectivity index (χ2n) is 4.42. The van der Waals surface area contributed by atoms with E-state index < -0.39 is 4.92 Å². The largest absolute Gasteiger partial charge is 0.460 e. The van der Waals surface area contributed by atoms with E-state index in [0.717, 1.165) is 11.3 Å². The van der Waals surface area contributed by atoms with E-state index in [4.69, 9.17) is 4.42 Å². The number of nitrogens with one attached hydrogen (secondary N) is 1. The zero-order valence-electron chi connectivity index (χ0n) is 11.1. The standard InChI is InChI=1S/C13H14BrN3O3/c1-16(2)15-8-10-4-6-13(20-10)11-5-3-9(17(18)19)7-12(11)14/h3-7,15H,8H2,1-2H3. The molecule has 0 saturated carbocycles. The summed E-state index contributed by atoms with van der Waals surface area (Å²) < 4.78 is 6.34. The van der Waals surface area contributed by atoms with Crippen LogP contribution >= 0.6 is 15.9 Å². The molecule has 106 valence electrons. The van der Waals surface area contributed by atoms with Crippen molar-refractivity contribution in [2.45, 2.75) is 6.54 Å². The number of halogens is 1. The van der Waals surface area contributed by atoms with Crippen molar-refractivity contribution in [3.05, 3.63) is 50.7 Å². The molecule has 0 aliphatic carbocycles. The lowest BCUT2D eigenvalue weighted by atomic mass is 10.1. The van der Waals surface area contributed by atoms with E-state index in [0.29, 0.717) is 16.8 Å². The third-order valence-corrected chi connectivity index (χ3v) is 3.32. The molecule has 1 aromatic heterocycles. The van der Waals surface area contributed by atoms with E-state index in [-0.39, 0.29) is 5.69 Å². The van der Waals surface area contributed by atoms with E-state index in [1.165, 1.54) is 12.1 Å². The predicted octanol–water partition coefficient (Wildman–Crippen LogP) is 3.18. The quantitative estimate of drug-likeness (QED) is 0.669. The van der Waals surface area contributed by atoms with Gasteiger partial charge in [-0.1, -0.05) is 0 Å². The van der Waals surface area contributed by atoms with Crippen molar-refractivity contribution in [2.75, 3.05) is 14.1 Å². The number of hydrazine groups is 1. The van der Waals surface area contributed by atoms with Crippen molar-refractivity contribution in [3.63, 3.8) is 0 Å². The van der Waals surface area contributed by atoms with Crippen LogP contribution in [0.3, 0.4) is 0 Å². The maximum absolute atomic E-state index is 10.7. The first-order valence-corrected chi connectivity index (χ1v) is 6.70. The fourth-order valence-corrected chi connectivity index (χ4v) is 2.23. The molecule has 2 aromatic rings. The van der Waals surface area contributed by atoms with Crippen LogP contribution in [0.1, 0.15) is 5.76 Å². The van der Waals surface area contributed by atoms with E-state index in [9.17, 15) is 10.1 Å². The van der Waals surface area contributed by atoms with Crippen LogP contribution in [0.25, 0.3) is 11.3 Å². The van der Waals surface area contributed by atoms with Crippen molar-refractivity contribution >= 4 is 21.6 Å². The highest BCUT2D eigenvalue weighted by Gasteiger charge is 2.13. The molecule has 0 amide bonds. The van der Waals surface area contributed by atoms with E-state index in [1.807, 2.05) is 31.2 Å². The number of benzene rings is 1. The summed E-state index contributed by atoms with van der Waals surface area (Å²) in [5, 5.41) is 12.5. The first-order valence-electron chi connectivity index (χ1n) is 5.91. The molecule has 0 fully saturated rings. The minimum absolute atomic E-state index is 0.0432. The highest BCUT2D eigenvalue weighted by atomic mass is 79.9. The van der Waals surface area contributed by atoms with Crippen LogP contribution in [-0.4, -0.2) is 24.0 Å². The molecule has 0 atom stereocenters. The fourth-order valence-electron chi connectivity index (χ4n) is 1.67. The van der Waals surface area contributed by atoms with E-state index >= 15 is 0 Å². The molecule has 1 N–H and O–H groups in total. The summed E-state index contributed by atoms with van der Waals surface area (Å²) in [4.78, 5) is 10.3. The second-order valence-corrected chi connectivity index (χ2v) is 5.27.